The molecule has 0 spiro atoms. The average molecular weight is 293 g/mol. The number of carbonyl (C=O) groups is 1. The Morgan fingerprint density at radius 2 is 2.05 bits per heavy atom. The van der Waals surface area contributed by atoms with Crippen molar-refractivity contribution in [2.75, 3.05) is 27.3 Å². The second kappa shape index (κ2) is 7.31. The van der Waals surface area contributed by atoms with Gasteiger partial charge in [-0.15, -0.1) is 0 Å². The molecule has 1 heterocycles. The van der Waals surface area contributed by atoms with E-state index in [4.69, 9.17) is 9.47 Å². The normalized spacial score (nSPS) is 17.3. The standard InChI is InChI=1S/C16H23NO4/c1-20-12-7-8-13(15(10-12)21-2)14(18)11-17-9-5-3-4-6-16(17)19/h7-8,10,14,18H,3-6,9,11H2,1-2H3. The number of rotatable bonds is 5. The second-order valence-electron chi connectivity index (χ2n) is 5.27. The number of β-amino-alcohol motifs (C(OH)–C–C–N with tert-alkyl or cyclic N) is 1. The number of aliphatic hydroxyl groups is 1. The van der Waals surface area contributed by atoms with Crippen molar-refractivity contribution in [3.05, 3.63) is 23.8 Å². The summed E-state index contributed by atoms with van der Waals surface area (Å²) < 4.78 is 10.5. The zero-order chi connectivity index (χ0) is 15.2. The molecule has 5 nitrogen and oxygen atoms in total. The molecule has 0 aromatic heterocycles. The van der Waals surface area contributed by atoms with Gasteiger partial charge in [0.2, 0.25) is 5.91 Å². The van der Waals surface area contributed by atoms with Gasteiger partial charge in [-0.1, -0.05) is 6.42 Å². The summed E-state index contributed by atoms with van der Waals surface area (Å²) in [4.78, 5) is 13.8. The summed E-state index contributed by atoms with van der Waals surface area (Å²) in [7, 11) is 3.14. The minimum absolute atomic E-state index is 0.124. The SMILES string of the molecule is COc1ccc(C(O)CN2CCCCCC2=O)c(OC)c1. The van der Waals surface area contributed by atoms with Gasteiger partial charge in [0.1, 0.15) is 17.6 Å². The minimum Gasteiger partial charge on any atom is -0.497 e. The molecule has 1 N–H and O–H groups in total. The summed E-state index contributed by atoms with van der Waals surface area (Å²) in [5.74, 6) is 1.37. The lowest BCUT2D eigenvalue weighted by molar-refractivity contribution is -0.132. The van der Waals surface area contributed by atoms with E-state index in [1.54, 1.807) is 37.3 Å². The summed E-state index contributed by atoms with van der Waals surface area (Å²) in [6.07, 6.45) is 2.83. The van der Waals surface area contributed by atoms with Crippen molar-refractivity contribution in [2.45, 2.75) is 31.8 Å². The lowest BCUT2D eigenvalue weighted by Gasteiger charge is -2.25. The smallest absolute Gasteiger partial charge is 0.222 e. The fourth-order valence-corrected chi connectivity index (χ4v) is 2.63. The molecule has 5 heteroatoms. The Bertz CT molecular complexity index is 489. The maximum absolute atomic E-state index is 12.0. The van der Waals surface area contributed by atoms with Gasteiger partial charge in [0.25, 0.3) is 0 Å². The van der Waals surface area contributed by atoms with E-state index in [9.17, 15) is 9.90 Å². The van der Waals surface area contributed by atoms with Crippen molar-refractivity contribution >= 4 is 5.91 Å². The van der Waals surface area contributed by atoms with Crippen molar-refractivity contribution < 1.29 is 19.4 Å². The van der Waals surface area contributed by atoms with Crippen LogP contribution < -0.4 is 9.47 Å². The first kappa shape index (κ1) is 15.6. The molecule has 21 heavy (non-hydrogen) atoms. The van der Waals surface area contributed by atoms with Crippen LogP contribution in [0.15, 0.2) is 18.2 Å². The zero-order valence-corrected chi connectivity index (χ0v) is 12.7. The third-order valence-corrected chi connectivity index (χ3v) is 3.86. The first-order valence-electron chi connectivity index (χ1n) is 7.33. The highest BCUT2D eigenvalue weighted by Gasteiger charge is 2.22. The van der Waals surface area contributed by atoms with Gasteiger partial charge in [0.15, 0.2) is 0 Å². The third-order valence-electron chi connectivity index (χ3n) is 3.86. The van der Waals surface area contributed by atoms with E-state index in [-0.39, 0.29) is 5.91 Å². The lowest BCUT2D eigenvalue weighted by atomic mass is 10.1. The van der Waals surface area contributed by atoms with E-state index in [0.29, 0.717) is 36.6 Å². The summed E-state index contributed by atoms with van der Waals surface area (Å²) in [5, 5.41) is 10.4. The van der Waals surface area contributed by atoms with Crippen molar-refractivity contribution in [1.29, 1.82) is 0 Å². The van der Waals surface area contributed by atoms with E-state index in [1.807, 2.05) is 0 Å². The van der Waals surface area contributed by atoms with Gasteiger partial charge >= 0.3 is 0 Å². The summed E-state index contributed by atoms with van der Waals surface area (Å²) in [6, 6.07) is 5.30. The molecule has 1 unspecified atom stereocenters. The van der Waals surface area contributed by atoms with E-state index in [1.165, 1.54) is 0 Å². The van der Waals surface area contributed by atoms with Crippen molar-refractivity contribution in [2.24, 2.45) is 0 Å². The molecule has 0 bridgehead atoms. The predicted molar refractivity (Wildman–Crippen MR) is 79.6 cm³/mol. The van der Waals surface area contributed by atoms with Crippen LogP contribution in [-0.2, 0) is 4.79 Å². The number of hydrogen-bond donors (Lipinski definition) is 1. The molecule has 1 aromatic rings. The fourth-order valence-electron chi connectivity index (χ4n) is 2.63. The van der Waals surface area contributed by atoms with Gasteiger partial charge in [0.05, 0.1) is 20.8 Å². The van der Waals surface area contributed by atoms with Crippen LogP contribution in [0.2, 0.25) is 0 Å². The highest BCUT2D eigenvalue weighted by molar-refractivity contribution is 5.76. The molecule has 1 aromatic carbocycles. The van der Waals surface area contributed by atoms with Crippen LogP contribution >= 0.6 is 0 Å². The van der Waals surface area contributed by atoms with Gasteiger partial charge in [-0.3, -0.25) is 4.79 Å². The Balaban J connectivity index is 2.11. The minimum atomic E-state index is -0.757. The largest absolute Gasteiger partial charge is 0.497 e. The Morgan fingerprint density at radius 1 is 1.24 bits per heavy atom. The van der Waals surface area contributed by atoms with Crippen LogP contribution in [0.1, 0.15) is 37.4 Å². The van der Waals surface area contributed by atoms with E-state index >= 15 is 0 Å². The number of ether oxygens (including phenoxy) is 2. The summed E-state index contributed by atoms with van der Waals surface area (Å²) in [5.41, 5.74) is 0.676. The fraction of sp³-hybridized carbons (Fsp3) is 0.562. The molecule has 1 amide bonds. The van der Waals surface area contributed by atoms with E-state index in [0.717, 1.165) is 19.3 Å². The van der Waals surface area contributed by atoms with Gasteiger partial charge in [-0.25, -0.2) is 0 Å². The van der Waals surface area contributed by atoms with Crippen molar-refractivity contribution in [3.63, 3.8) is 0 Å². The van der Waals surface area contributed by atoms with E-state index in [2.05, 4.69) is 0 Å². The van der Waals surface area contributed by atoms with Gasteiger partial charge in [-0.05, 0) is 25.0 Å². The molecule has 2 rings (SSSR count). The maximum atomic E-state index is 12.0. The monoisotopic (exact) mass is 293 g/mol. The number of aliphatic hydroxyl groups excluding tert-OH is 1. The third kappa shape index (κ3) is 3.88. The van der Waals surface area contributed by atoms with E-state index < -0.39 is 6.10 Å². The molecule has 116 valence electrons. The van der Waals surface area contributed by atoms with Crippen molar-refractivity contribution in [1.82, 2.24) is 4.90 Å². The first-order valence-corrected chi connectivity index (χ1v) is 7.33. The van der Waals surface area contributed by atoms with Crippen LogP contribution in [0.5, 0.6) is 11.5 Å². The molecule has 1 fully saturated rings. The number of nitrogens with zero attached hydrogens (tertiary/aromatic N) is 1. The molecular formula is C16H23NO4. The lowest BCUT2D eigenvalue weighted by Crippen LogP contribution is -2.34. The van der Waals surface area contributed by atoms with Gasteiger partial charge in [0, 0.05) is 24.6 Å². The molecule has 0 aliphatic carbocycles. The Hall–Kier alpha value is -1.75. The molecular weight excluding hydrogens is 270 g/mol. The number of benzene rings is 1. The number of carbonyl (C=O) groups excluding carboxylic acids is 1. The summed E-state index contributed by atoms with van der Waals surface area (Å²) >= 11 is 0. The van der Waals surface area contributed by atoms with Crippen LogP contribution in [0.3, 0.4) is 0 Å². The molecule has 0 radical (unpaired) electrons. The number of likely N-dealkylation sites (tertiary alicyclic amines) is 1. The number of hydrogen-bond acceptors (Lipinski definition) is 4. The average Bonchev–Trinajstić information content (AvgIpc) is 2.71. The van der Waals surface area contributed by atoms with Gasteiger partial charge < -0.3 is 19.5 Å². The molecule has 1 atom stereocenters. The van der Waals surface area contributed by atoms with Crippen LogP contribution in [0.25, 0.3) is 0 Å². The topological polar surface area (TPSA) is 59.0 Å². The highest BCUT2D eigenvalue weighted by Crippen LogP contribution is 2.30. The zero-order valence-electron chi connectivity index (χ0n) is 12.7. The number of methoxy groups -OCH3 is 2. The molecule has 1 aliphatic heterocycles. The Morgan fingerprint density at radius 3 is 2.76 bits per heavy atom. The van der Waals surface area contributed by atoms with Crippen LogP contribution in [0.4, 0.5) is 0 Å². The quantitative estimate of drug-likeness (QED) is 0.903. The van der Waals surface area contributed by atoms with Crippen molar-refractivity contribution in [3.8, 4) is 11.5 Å². The second-order valence-corrected chi connectivity index (χ2v) is 5.27. The highest BCUT2D eigenvalue weighted by atomic mass is 16.5. The molecule has 0 saturated carbocycles. The number of amides is 1. The molecule has 1 saturated heterocycles. The van der Waals surface area contributed by atoms with Gasteiger partial charge in [-0.2, -0.15) is 0 Å². The molecule has 1 aliphatic rings. The predicted octanol–water partition coefficient (Wildman–Crippen LogP) is 2.14. The van der Waals surface area contributed by atoms with Crippen LogP contribution in [0, 0.1) is 0 Å². The van der Waals surface area contributed by atoms with Crippen LogP contribution in [-0.4, -0.2) is 43.2 Å². The first-order chi connectivity index (χ1) is 10.2. The Labute approximate surface area is 125 Å². The Kier molecular flexibility index (Phi) is 5.44. The summed E-state index contributed by atoms with van der Waals surface area (Å²) in [6.45, 7) is 1.02. The maximum Gasteiger partial charge on any atom is 0.222 e.